The number of aryl methyl sites for hydroxylation is 2. The lowest BCUT2D eigenvalue weighted by molar-refractivity contribution is 1.13. The number of thiazole rings is 1. The van der Waals surface area contributed by atoms with Gasteiger partial charge in [0.05, 0.1) is 1.37 Å². The highest BCUT2D eigenvalue weighted by molar-refractivity contribution is 7.79. The molecule has 0 saturated heterocycles. The predicted octanol–water partition coefficient (Wildman–Crippen LogP) is 2.97. The molecule has 0 N–H and O–H groups in total. The largest absolute Gasteiger partial charge is 0.311 e. The summed E-state index contributed by atoms with van der Waals surface area (Å²) in [7, 11) is 0. The molecule has 0 aromatic carbocycles. The van der Waals surface area contributed by atoms with Crippen molar-refractivity contribution in [3.8, 4) is 0 Å². The second-order valence-electron chi connectivity index (χ2n) is 2.84. The van der Waals surface area contributed by atoms with Gasteiger partial charge in [-0.15, -0.1) is 11.3 Å². The van der Waals surface area contributed by atoms with E-state index in [1.807, 2.05) is 13.1 Å². The number of aromatic nitrogens is 1. The van der Waals surface area contributed by atoms with Gasteiger partial charge in [0.25, 0.3) is 0 Å². The molecule has 12 heavy (non-hydrogen) atoms. The highest BCUT2D eigenvalue weighted by Gasteiger charge is 2.07. The first-order valence-corrected chi connectivity index (χ1v) is 4.96. The third-order valence-electron chi connectivity index (χ3n) is 1.97. The summed E-state index contributed by atoms with van der Waals surface area (Å²) in [6.45, 7) is 4.05. The van der Waals surface area contributed by atoms with E-state index < -0.39 is 0 Å². The van der Waals surface area contributed by atoms with Crippen LogP contribution < -0.4 is 0 Å². The SMILES string of the molecule is [2H]C(=S)c1c(C)cn2c(C)csc12. The van der Waals surface area contributed by atoms with Crippen LogP contribution in [0.4, 0.5) is 0 Å². The number of thiocarbonyl (C=S) groups is 1. The predicted molar refractivity (Wildman–Crippen MR) is 57.5 cm³/mol. The molecule has 0 spiro atoms. The van der Waals surface area contributed by atoms with Crippen LogP contribution in [0.3, 0.4) is 0 Å². The lowest BCUT2D eigenvalue weighted by Gasteiger charge is -1.85. The van der Waals surface area contributed by atoms with E-state index in [1.54, 1.807) is 11.3 Å². The Morgan fingerprint density at radius 2 is 2.42 bits per heavy atom. The molecule has 0 atom stereocenters. The summed E-state index contributed by atoms with van der Waals surface area (Å²) in [4.78, 5) is 1.09. The van der Waals surface area contributed by atoms with Gasteiger partial charge in [-0.05, 0) is 19.4 Å². The zero-order valence-electron chi connectivity index (χ0n) is 7.92. The Morgan fingerprint density at radius 3 is 3.08 bits per heavy atom. The number of hydrogen-bond donors (Lipinski definition) is 0. The van der Waals surface area contributed by atoms with E-state index in [2.05, 4.69) is 16.7 Å². The van der Waals surface area contributed by atoms with Gasteiger partial charge in [0.1, 0.15) is 4.83 Å². The highest BCUT2D eigenvalue weighted by atomic mass is 32.1. The maximum absolute atomic E-state index is 7.49. The summed E-state index contributed by atoms with van der Waals surface area (Å²) >= 11 is 6.55. The van der Waals surface area contributed by atoms with Gasteiger partial charge in [0.2, 0.25) is 0 Å². The van der Waals surface area contributed by atoms with Crippen molar-refractivity contribution in [3.05, 3.63) is 28.4 Å². The Kier molecular flexibility index (Phi) is 1.52. The normalized spacial score (nSPS) is 12.0. The van der Waals surface area contributed by atoms with Gasteiger partial charge in [-0.2, -0.15) is 0 Å². The number of fused-ring (bicyclic) bond motifs is 1. The first kappa shape index (κ1) is 6.80. The van der Waals surface area contributed by atoms with Gasteiger partial charge in [-0.1, -0.05) is 12.2 Å². The highest BCUT2D eigenvalue weighted by Crippen LogP contribution is 2.23. The molecule has 0 saturated carbocycles. The molecular weight excluding hydrogens is 186 g/mol. The van der Waals surface area contributed by atoms with E-state index in [0.29, 0.717) is 0 Å². The maximum Gasteiger partial charge on any atom is 0.108 e. The van der Waals surface area contributed by atoms with Crippen molar-refractivity contribution < 1.29 is 1.37 Å². The van der Waals surface area contributed by atoms with Crippen LogP contribution in [0.1, 0.15) is 18.2 Å². The lowest BCUT2D eigenvalue weighted by atomic mass is 10.2. The molecule has 62 valence electrons. The monoisotopic (exact) mass is 196 g/mol. The fourth-order valence-corrected chi connectivity index (χ4v) is 2.66. The van der Waals surface area contributed by atoms with E-state index in [9.17, 15) is 0 Å². The van der Waals surface area contributed by atoms with Crippen LogP contribution in [0.5, 0.6) is 0 Å². The van der Waals surface area contributed by atoms with Crippen molar-refractivity contribution in [1.29, 1.82) is 0 Å². The minimum atomic E-state index is 0.238. The summed E-state index contributed by atoms with van der Waals surface area (Å²) in [5.74, 6) is 0. The van der Waals surface area contributed by atoms with Crippen molar-refractivity contribution in [2.75, 3.05) is 0 Å². The van der Waals surface area contributed by atoms with Gasteiger partial charge in [0, 0.05) is 28.2 Å². The van der Waals surface area contributed by atoms with Crippen molar-refractivity contribution in [2.45, 2.75) is 13.8 Å². The fraction of sp³-hybridized carbons (Fsp3) is 0.222. The number of rotatable bonds is 1. The van der Waals surface area contributed by atoms with Crippen molar-refractivity contribution in [2.24, 2.45) is 0 Å². The van der Waals surface area contributed by atoms with E-state index in [-0.39, 0.29) is 5.34 Å². The second-order valence-corrected chi connectivity index (χ2v) is 3.90. The summed E-state index contributed by atoms with van der Waals surface area (Å²) in [6.07, 6.45) is 2.04. The van der Waals surface area contributed by atoms with Crippen molar-refractivity contribution in [1.82, 2.24) is 4.40 Å². The zero-order valence-corrected chi connectivity index (χ0v) is 8.55. The maximum atomic E-state index is 7.49. The molecule has 0 fully saturated rings. The summed E-state index contributed by atoms with van der Waals surface area (Å²) in [6, 6.07) is 0. The fourth-order valence-electron chi connectivity index (χ4n) is 1.31. The second kappa shape index (κ2) is 2.68. The van der Waals surface area contributed by atoms with Crippen LogP contribution in [0.15, 0.2) is 11.6 Å². The standard InChI is InChI=1S/C9H9NS2/c1-6-3-10-7(2)5-12-9(10)8(6)4-11/h3-5H,1-2H3/i4D. The third-order valence-corrected chi connectivity index (χ3v) is 3.26. The quantitative estimate of drug-likeness (QED) is 0.634. The smallest absolute Gasteiger partial charge is 0.108 e. The van der Waals surface area contributed by atoms with Gasteiger partial charge in [-0.3, -0.25) is 0 Å². The molecule has 2 aromatic rings. The van der Waals surface area contributed by atoms with Gasteiger partial charge in [-0.25, -0.2) is 0 Å². The topological polar surface area (TPSA) is 4.41 Å². The van der Waals surface area contributed by atoms with Crippen LogP contribution in [0, 0.1) is 13.8 Å². The average molecular weight is 196 g/mol. The minimum absolute atomic E-state index is 0.238. The molecule has 0 aliphatic carbocycles. The lowest BCUT2D eigenvalue weighted by Crippen LogP contribution is -1.78. The molecule has 0 radical (unpaired) electrons. The third kappa shape index (κ3) is 0.934. The van der Waals surface area contributed by atoms with Crippen molar-refractivity contribution >= 4 is 33.7 Å². The molecular formula is C9H9NS2. The van der Waals surface area contributed by atoms with Gasteiger partial charge >= 0.3 is 0 Å². The first-order chi connectivity index (χ1) is 6.11. The van der Waals surface area contributed by atoms with E-state index in [0.717, 1.165) is 16.0 Å². The van der Waals surface area contributed by atoms with Crippen LogP contribution in [-0.2, 0) is 0 Å². The van der Waals surface area contributed by atoms with Gasteiger partial charge in [0.15, 0.2) is 0 Å². The average Bonchev–Trinajstić information content (AvgIpc) is 2.51. The molecule has 0 aliphatic rings. The molecule has 0 amide bonds. The van der Waals surface area contributed by atoms with Crippen LogP contribution in [0.25, 0.3) is 4.83 Å². The number of nitrogens with zero attached hydrogens (tertiary/aromatic N) is 1. The number of hydrogen-bond acceptors (Lipinski definition) is 2. The van der Waals surface area contributed by atoms with Gasteiger partial charge < -0.3 is 4.40 Å². The Labute approximate surface area is 82.0 Å². The molecule has 0 aliphatic heterocycles. The molecule has 2 heterocycles. The Balaban J connectivity index is 2.86. The molecule has 2 aromatic heterocycles. The van der Waals surface area contributed by atoms with E-state index in [4.69, 9.17) is 13.6 Å². The summed E-state index contributed by atoms with van der Waals surface area (Å²) < 4.78 is 9.59. The Bertz CT molecular complexity index is 481. The summed E-state index contributed by atoms with van der Waals surface area (Å²) in [5, 5.41) is 2.32. The zero-order chi connectivity index (χ0) is 9.59. The Morgan fingerprint density at radius 1 is 1.67 bits per heavy atom. The van der Waals surface area contributed by atoms with E-state index >= 15 is 0 Å². The van der Waals surface area contributed by atoms with Crippen molar-refractivity contribution in [3.63, 3.8) is 0 Å². The first-order valence-electron chi connectivity index (χ1n) is 4.18. The summed E-state index contributed by atoms with van der Waals surface area (Å²) in [5.41, 5.74) is 3.20. The van der Waals surface area contributed by atoms with Crippen LogP contribution >= 0.6 is 23.6 Å². The molecule has 3 heteroatoms. The molecule has 0 bridgehead atoms. The van der Waals surface area contributed by atoms with E-state index in [1.165, 1.54) is 5.69 Å². The Hall–Kier alpha value is -0.670. The molecule has 1 nitrogen and oxygen atoms in total. The molecule has 2 rings (SSSR count). The minimum Gasteiger partial charge on any atom is -0.311 e. The molecule has 0 unspecified atom stereocenters. The van der Waals surface area contributed by atoms with Crippen LogP contribution in [-0.4, -0.2) is 9.74 Å². The van der Waals surface area contributed by atoms with Crippen LogP contribution in [0.2, 0.25) is 0 Å².